The molecule has 1 aliphatic heterocycles. The number of aliphatic imine (C=N–C) groups is 1. The largest absolute Gasteiger partial charge is 0.282 e. The van der Waals surface area contributed by atoms with Gasteiger partial charge in [-0.2, -0.15) is 0 Å². The SMILES string of the molecule is C=CCN1C(=O)/C(=C(\C)c2ccc(F)cc2)S/C1=N/c1cccc(C)n1. The molecule has 1 saturated heterocycles. The maximum atomic E-state index is 13.2. The number of hydrogen-bond donors (Lipinski definition) is 0. The van der Waals surface area contributed by atoms with Crippen molar-refractivity contribution in [2.24, 2.45) is 4.99 Å². The lowest BCUT2D eigenvalue weighted by Gasteiger charge is -2.12. The minimum absolute atomic E-state index is 0.136. The Morgan fingerprint density at radius 1 is 1.31 bits per heavy atom. The minimum atomic E-state index is -0.307. The van der Waals surface area contributed by atoms with Gasteiger partial charge in [0.1, 0.15) is 5.82 Å². The molecule has 1 aromatic carbocycles. The lowest BCUT2D eigenvalue weighted by atomic mass is 10.1. The molecule has 0 atom stereocenters. The van der Waals surface area contributed by atoms with E-state index in [1.165, 1.54) is 23.9 Å². The molecular weight excluding hydrogens is 349 g/mol. The summed E-state index contributed by atoms with van der Waals surface area (Å²) >= 11 is 1.30. The first kappa shape index (κ1) is 18.1. The first-order valence-corrected chi connectivity index (χ1v) is 8.91. The zero-order valence-corrected chi connectivity index (χ0v) is 15.4. The van der Waals surface area contributed by atoms with Crippen LogP contribution in [0.4, 0.5) is 10.2 Å². The summed E-state index contributed by atoms with van der Waals surface area (Å²) in [7, 11) is 0. The number of carbonyl (C=O) groups is 1. The van der Waals surface area contributed by atoms with Crippen molar-refractivity contribution in [1.82, 2.24) is 9.88 Å². The molecule has 3 rings (SSSR count). The Balaban J connectivity index is 2.02. The second-order valence-corrected chi connectivity index (χ2v) is 6.78. The van der Waals surface area contributed by atoms with E-state index in [0.717, 1.165) is 16.8 Å². The lowest BCUT2D eigenvalue weighted by molar-refractivity contribution is -0.121. The van der Waals surface area contributed by atoms with Crippen LogP contribution in [-0.4, -0.2) is 27.5 Å². The highest BCUT2D eigenvalue weighted by Crippen LogP contribution is 2.37. The molecule has 0 bridgehead atoms. The summed E-state index contributed by atoms with van der Waals surface area (Å²) in [5.74, 6) is 0.108. The van der Waals surface area contributed by atoms with Crippen molar-refractivity contribution in [3.05, 3.63) is 77.1 Å². The predicted molar refractivity (Wildman–Crippen MR) is 105 cm³/mol. The quantitative estimate of drug-likeness (QED) is 0.581. The molecule has 0 radical (unpaired) electrons. The molecule has 1 aromatic heterocycles. The topological polar surface area (TPSA) is 45.6 Å². The first-order chi connectivity index (χ1) is 12.5. The molecule has 0 saturated carbocycles. The fourth-order valence-electron chi connectivity index (χ4n) is 2.53. The summed E-state index contributed by atoms with van der Waals surface area (Å²) in [6, 6.07) is 11.7. The van der Waals surface area contributed by atoms with E-state index in [9.17, 15) is 9.18 Å². The van der Waals surface area contributed by atoms with Crippen molar-refractivity contribution in [3.8, 4) is 0 Å². The highest BCUT2D eigenvalue weighted by Gasteiger charge is 2.34. The van der Waals surface area contributed by atoms with Gasteiger partial charge in [-0.25, -0.2) is 14.4 Å². The third-order valence-corrected chi connectivity index (χ3v) is 5.06. The fraction of sp³-hybridized carbons (Fsp3) is 0.150. The second-order valence-electron chi connectivity index (χ2n) is 5.80. The van der Waals surface area contributed by atoms with Crippen LogP contribution in [0.2, 0.25) is 0 Å². The standard InChI is InChI=1S/C20H18FN3OS/c1-4-12-24-19(25)18(14(3)15-8-10-16(21)11-9-15)26-20(24)23-17-7-5-6-13(2)22-17/h4-11H,1,12H2,2-3H3/b18-14-,23-20+. The molecule has 1 aliphatic rings. The summed E-state index contributed by atoms with van der Waals surface area (Å²) in [5, 5.41) is 0.560. The summed E-state index contributed by atoms with van der Waals surface area (Å²) in [4.78, 5) is 23.9. The molecule has 0 aliphatic carbocycles. The molecule has 0 N–H and O–H groups in total. The third kappa shape index (κ3) is 3.75. The van der Waals surface area contributed by atoms with Gasteiger partial charge in [0, 0.05) is 12.2 Å². The molecule has 26 heavy (non-hydrogen) atoms. The number of rotatable bonds is 4. The van der Waals surface area contributed by atoms with Gasteiger partial charge in [-0.15, -0.1) is 6.58 Å². The zero-order valence-electron chi connectivity index (χ0n) is 14.6. The van der Waals surface area contributed by atoms with Gasteiger partial charge in [0.05, 0.1) is 4.91 Å². The fourth-order valence-corrected chi connectivity index (χ4v) is 3.59. The van der Waals surface area contributed by atoms with E-state index in [4.69, 9.17) is 0 Å². The molecule has 1 amide bonds. The Labute approximate surface area is 156 Å². The van der Waals surface area contributed by atoms with Crippen LogP contribution in [0, 0.1) is 12.7 Å². The first-order valence-electron chi connectivity index (χ1n) is 8.09. The van der Waals surface area contributed by atoms with Crippen molar-refractivity contribution >= 4 is 34.2 Å². The Morgan fingerprint density at radius 3 is 2.69 bits per heavy atom. The van der Waals surface area contributed by atoms with Crippen LogP contribution in [-0.2, 0) is 4.79 Å². The van der Waals surface area contributed by atoms with Crippen molar-refractivity contribution in [2.45, 2.75) is 13.8 Å². The number of hydrogen-bond acceptors (Lipinski definition) is 4. The number of carbonyl (C=O) groups excluding carboxylic acids is 1. The van der Waals surface area contributed by atoms with Gasteiger partial charge in [0.2, 0.25) is 0 Å². The maximum absolute atomic E-state index is 13.2. The van der Waals surface area contributed by atoms with Crippen LogP contribution in [0.25, 0.3) is 5.57 Å². The molecule has 6 heteroatoms. The van der Waals surface area contributed by atoms with Gasteiger partial charge < -0.3 is 0 Å². The predicted octanol–water partition coefficient (Wildman–Crippen LogP) is 4.71. The number of halogens is 1. The summed E-state index contributed by atoms with van der Waals surface area (Å²) < 4.78 is 13.2. The van der Waals surface area contributed by atoms with Gasteiger partial charge in [0.25, 0.3) is 5.91 Å². The van der Waals surface area contributed by atoms with E-state index in [2.05, 4.69) is 16.6 Å². The lowest BCUT2D eigenvalue weighted by Crippen LogP contribution is -2.29. The van der Waals surface area contributed by atoms with E-state index < -0.39 is 0 Å². The molecule has 132 valence electrons. The van der Waals surface area contributed by atoms with Crippen molar-refractivity contribution < 1.29 is 9.18 Å². The second kappa shape index (κ2) is 7.66. The number of nitrogens with zero attached hydrogens (tertiary/aromatic N) is 3. The van der Waals surface area contributed by atoms with E-state index in [1.54, 1.807) is 29.2 Å². The van der Waals surface area contributed by atoms with Gasteiger partial charge >= 0.3 is 0 Å². The summed E-state index contributed by atoms with van der Waals surface area (Å²) in [6.07, 6.45) is 1.66. The van der Waals surface area contributed by atoms with Crippen LogP contribution in [0.1, 0.15) is 18.2 Å². The number of benzene rings is 1. The molecule has 0 spiro atoms. The zero-order chi connectivity index (χ0) is 18.7. The Hall–Kier alpha value is -2.73. The Morgan fingerprint density at radius 2 is 2.04 bits per heavy atom. The monoisotopic (exact) mass is 367 g/mol. The number of allylic oxidation sites excluding steroid dienone is 1. The Bertz CT molecular complexity index is 919. The van der Waals surface area contributed by atoms with E-state index in [0.29, 0.717) is 22.4 Å². The number of amides is 1. The van der Waals surface area contributed by atoms with Crippen LogP contribution in [0.3, 0.4) is 0 Å². The van der Waals surface area contributed by atoms with Crippen LogP contribution in [0.5, 0.6) is 0 Å². The summed E-state index contributed by atoms with van der Waals surface area (Å²) in [5.41, 5.74) is 2.45. The van der Waals surface area contributed by atoms with Gasteiger partial charge in [-0.05, 0) is 61.0 Å². The van der Waals surface area contributed by atoms with Gasteiger partial charge in [0.15, 0.2) is 11.0 Å². The van der Waals surface area contributed by atoms with Crippen LogP contribution in [0.15, 0.2) is 65.0 Å². The summed E-state index contributed by atoms with van der Waals surface area (Å²) in [6.45, 7) is 7.82. The van der Waals surface area contributed by atoms with Gasteiger partial charge in [-0.1, -0.05) is 24.3 Å². The van der Waals surface area contributed by atoms with Crippen LogP contribution < -0.4 is 0 Å². The van der Waals surface area contributed by atoms with E-state index in [-0.39, 0.29) is 11.7 Å². The highest BCUT2D eigenvalue weighted by molar-refractivity contribution is 8.18. The van der Waals surface area contributed by atoms with Crippen LogP contribution >= 0.6 is 11.8 Å². The smallest absolute Gasteiger partial charge is 0.267 e. The van der Waals surface area contributed by atoms with Crippen molar-refractivity contribution in [2.75, 3.05) is 6.54 Å². The van der Waals surface area contributed by atoms with E-state index >= 15 is 0 Å². The number of amidine groups is 1. The number of pyridine rings is 1. The average Bonchev–Trinajstić information content (AvgIpc) is 2.92. The molecule has 2 heterocycles. The molecular formula is C20H18FN3OS. The Kier molecular flexibility index (Phi) is 5.32. The molecule has 2 aromatic rings. The van der Waals surface area contributed by atoms with Gasteiger partial charge in [-0.3, -0.25) is 9.69 Å². The normalized spacial score (nSPS) is 17.7. The van der Waals surface area contributed by atoms with Crippen molar-refractivity contribution in [3.63, 3.8) is 0 Å². The molecule has 0 unspecified atom stereocenters. The average molecular weight is 367 g/mol. The third-order valence-electron chi connectivity index (χ3n) is 3.88. The maximum Gasteiger partial charge on any atom is 0.267 e. The number of aryl methyl sites for hydroxylation is 1. The van der Waals surface area contributed by atoms with Crippen molar-refractivity contribution in [1.29, 1.82) is 0 Å². The minimum Gasteiger partial charge on any atom is -0.282 e. The number of aromatic nitrogens is 1. The number of thioether (sulfide) groups is 1. The highest BCUT2D eigenvalue weighted by atomic mass is 32.2. The van der Waals surface area contributed by atoms with E-state index in [1.807, 2.05) is 26.0 Å². The molecule has 1 fully saturated rings. The molecule has 4 nitrogen and oxygen atoms in total.